The molecule has 3 nitrogen and oxygen atoms in total. The Balaban J connectivity index is 1.81. The molecule has 1 aromatic carbocycles. The monoisotopic (exact) mass is 314 g/mol. The van der Waals surface area contributed by atoms with Crippen molar-refractivity contribution < 1.29 is 4.79 Å². The highest BCUT2D eigenvalue weighted by Gasteiger charge is 2.20. The molecular weight excluding hydrogens is 295 g/mol. The maximum Gasteiger partial charge on any atom is 0.222 e. The first kappa shape index (κ1) is 15.5. The first-order valence-electron chi connectivity index (χ1n) is 7.05. The molecule has 0 unspecified atom stereocenters. The molecule has 5 heteroatoms. The summed E-state index contributed by atoms with van der Waals surface area (Å²) in [6.07, 6.45) is 2.41. The van der Waals surface area contributed by atoms with E-state index in [0.29, 0.717) is 12.3 Å². The second-order valence-corrected chi connectivity index (χ2v) is 5.81. The third-order valence-electron chi connectivity index (χ3n) is 3.58. The summed E-state index contributed by atoms with van der Waals surface area (Å²) < 4.78 is 0. The van der Waals surface area contributed by atoms with Gasteiger partial charge in [-0.1, -0.05) is 17.7 Å². The number of rotatable bonds is 5. The van der Waals surface area contributed by atoms with Crippen LogP contribution in [0, 0.1) is 0 Å². The lowest BCUT2D eigenvalue weighted by Crippen LogP contribution is -2.48. The van der Waals surface area contributed by atoms with Gasteiger partial charge < -0.3 is 9.80 Å². The molecule has 2 rings (SSSR count). The van der Waals surface area contributed by atoms with E-state index in [0.717, 1.165) is 49.7 Å². The van der Waals surface area contributed by atoms with Crippen molar-refractivity contribution in [2.75, 3.05) is 37.0 Å². The minimum atomic E-state index is 0.251. The second-order valence-electron chi connectivity index (χ2n) is 4.99. The summed E-state index contributed by atoms with van der Waals surface area (Å²) in [5.41, 5.74) is 1.13. The van der Waals surface area contributed by atoms with E-state index < -0.39 is 0 Å². The Morgan fingerprint density at radius 1 is 1.15 bits per heavy atom. The molecule has 1 aliphatic heterocycles. The van der Waals surface area contributed by atoms with E-state index in [1.54, 1.807) is 0 Å². The minimum absolute atomic E-state index is 0.251. The van der Waals surface area contributed by atoms with Crippen LogP contribution in [0.5, 0.6) is 0 Å². The van der Waals surface area contributed by atoms with Crippen LogP contribution in [0.25, 0.3) is 0 Å². The van der Waals surface area contributed by atoms with Crippen LogP contribution in [0.3, 0.4) is 0 Å². The standard InChI is InChI=1S/C15H20Cl2N2O/c16-7-2-1-6-15(20)19-10-8-18(9-11-19)14-5-3-4-13(17)12-14/h3-5,12H,1-2,6-11H2. The molecule has 1 heterocycles. The smallest absolute Gasteiger partial charge is 0.222 e. The predicted molar refractivity (Wildman–Crippen MR) is 84.8 cm³/mol. The second kappa shape index (κ2) is 7.75. The summed E-state index contributed by atoms with van der Waals surface area (Å²) in [6.45, 7) is 3.29. The van der Waals surface area contributed by atoms with E-state index in [2.05, 4.69) is 11.0 Å². The van der Waals surface area contributed by atoms with Gasteiger partial charge in [0.2, 0.25) is 5.91 Å². The Morgan fingerprint density at radius 2 is 1.90 bits per heavy atom. The summed E-state index contributed by atoms with van der Waals surface area (Å²) in [4.78, 5) is 16.2. The van der Waals surface area contributed by atoms with E-state index in [9.17, 15) is 4.79 Å². The van der Waals surface area contributed by atoms with Gasteiger partial charge in [0.25, 0.3) is 0 Å². The van der Waals surface area contributed by atoms with Crippen molar-refractivity contribution in [3.05, 3.63) is 29.3 Å². The largest absolute Gasteiger partial charge is 0.368 e. The average Bonchev–Trinajstić information content (AvgIpc) is 2.47. The summed E-state index contributed by atoms with van der Waals surface area (Å²) >= 11 is 11.6. The quantitative estimate of drug-likeness (QED) is 0.614. The average molecular weight is 315 g/mol. The zero-order chi connectivity index (χ0) is 14.4. The number of nitrogens with zero attached hydrogens (tertiary/aromatic N) is 2. The van der Waals surface area contributed by atoms with Crippen LogP contribution in [0.4, 0.5) is 5.69 Å². The molecule has 0 radical (unpaired) electrons. The van der Waals surface area contributed by atoms with Crippen LogP contribution in [0.15, 0.2) is 24.3 Å². The Hall–Kier alpha value is -0.930. The summed E-state index contributed by atoms with van der Waals surface area (Å²) in [6, 6.07) is 7.87. The van der Waals surface area contributed by atoms with Gasteiger partial charge in [-0.3, -0.25) is 4.79 Å². The van der Waals surface area contributed by atoms with Crippen LogP contribution in [-0.2, 0) is 4.79 Å². The number of piperazine rings is 1. The molecule has 0 bridgehead atoms. The Bertz CT molecular complexity index is 445. The zero-order valence-electron chi connectivity index (χ0n) is 11.5. The van der Waals surface area contributed by atoms with Crippen LogP contribution < -0.4 is 4.90 Å². The highest BCUT2D eigenvalue weighted by atomic mass is 35.5. The van der Waals surface area contributed by atoms with Crippen molar-refractivity contribution in [1.29, 1.82) is 0 Å². The molecule has 0 spiro atoms. The summed E-state index contributed by atoms with van der Waals surface area (Å²) in [5.74, 6) is 0.886. The molecule has 110 valence electrons. The van der Waals surface area contributed by atoms with Crippen molar-refractivity contribution in [2.45, 2.75) is 19.3 Å². The molecule has 0 aliphatic carbocycles. The van der Waals surface area contributed by atoms with E-state index in [4.69, 9.17) is 23.2 Å². The molecule has 0 atom stereocenters. The van der Waals surface area contributed by atoms with E-state index in [-0.39, 0.29) is 5.91 Å². The Labute approximate surface area is 130 Å². The normalized spacial score (nSPS) is 15.5. The number of hydrogen-bond donors (Lipinski definition) is 0. The highest BCUT2D eigenvalue weighted by molar-refractivity contribution is 6.30. The molecule has 20 heavy (non-hydrogen) atoms. The third kappa shape index (κ3) is 4.29. The fourth-order valence-corrected chi connectivity index (χ4v) is 2.79. The van der Waals surface area contributed by atoms with Crippen molar-refractivity contribution >= 4 is 34.8 Å². The van der Waals surface area contributed by atoms with Crippen molar-refractivity contribution in [2.24, 2.45) is 0 Å². The number of alkyl halides is 1. The number of benzene rings is 1. The lowest BCUT2D eigenvalue weighted by Gasteiger charge is -2.36. The molecule has 1 amide bonds. The van der Waals surface area contributed by atoms with Gasteiger partial charge in [-0.15, -0.1) is 11.6 Å². The molecule has 1 aliphatic rings. The van der Waals surface area contributed by atoms with Gasteiger partial charge in [-0.2, -0.15) is 0 Å². The van der Waals surface area contributed by atoms with Gasteiger partial charge in [0.1, 0.15) is 0 Å². The number of hydrogen-bond acceptors (Lipinski definition) is 2. The molecule has 1 aromatic rings. The van der Waals surface area contributed by atoms with E-state index >= 15 is 0 Å². The van der Waals surface area contributed by atoms with Crippen molar-refractivity contribution in [1.82, 2.24) is 4.90 Å². The number of halogens is 2. The lowest BCUT2D eigenvalue weighted by atomic mass is 10.2. The van der Waals surface area contributed by atoms with Crippen LogP contribution in [0.2, 0.25) is 5.02 Å². The van der Waals surface area contributed by atoms with Gasteiger partial charge >= 0.3 is 0 Å². The number of carbonyl (C=O) groups is 1. The zero-order valence-corrected chi connectivity index (χ0v) is 13.0. The van der Waals surface area contributed by atoms with Crippen LogP contribution >= 0.6 is 23.2 Å². The van der Waals surface area contributed by atoms with Crippen LogP contribution in [-0.4, -0.2) is 42.9 Å². The number of carbonyl (C=O) groups excluding carboxylic acids is 1. The van der Waals surface area contributed by atoms with Gasteiger partial charge in [0.15, 0.2) is 0 Å². The lowest BCUT2D eigenvalue weighted by molar-refractivity contribution is -0.131. The molecule has 0 saturated carbocycles. The maximum atomic E-state index is 12.0. The number of anilines is 1. The predicted octanol–water partition coefficient (Wildman–Crippen LogP) is 3.40. The van der Waals surface area contributed by atoms with Crippen molar-refractivity contribution in [3.63, 3.8) is 0 Å². The highest BCUT2D eigenvalue weighted by Crippen LogP contribution is 2.21. The first-order valence-corrected chi connectivity index (χ1v) is 7.96. The van der Waals surface area contributed by atoms with Gasteiger partial charge in [-0.05, 0) is 31.0 Å². The van der Waals surface area contributed by atoms with Gasteiger partial charge in [0, 0.05) is 49.2 Å². The number of amides is 1. The first-order chi connectivity index (χ1) is 9.70. The third-order valence-corrected chi connectivity index (χ3v) is 4.08. The fourth-order valence-electron chi connectivity index (χ4n) is 2.42. The molecular formula is C15H20Cl2N2O. The minimum Gasteiger partial charge on any atom is -0.368 e. The topological polar surface area (TPSA) is 23.6 Å². The fraction of sp³-hybridized carbons (Fsp3) is 0.533. The van der Waals surface area contributed by atoms with E-state index in [1.807, 2.05) is 23.1 Å². The summed E-state index contributed by atoms with van der Waals surface area (Å²) in [5, 5.41) is 0.752. The van der Waals surface area contributed by atoms with Crippen LogP contribution in [0.1, 0.15) is 19.3 Å². The van der Waals surface area contributed by atoms with E-state index in [1.165, 1.54) is 0 Å². The van der Waals surface area contributed by atoms with Gasteiger partial charge in [-0.25, -0.2) is 0 Å². The Kier molecular flexibility index (Phi) is 5.99. The Morgan fingerprint density at radius 3 is 2.55 bits per heavy atom. The SMILES string of the molecule is O=C(CCCCCl)N1CCN(c2cccc(Cl)c2)CC1. The van der Waals surface area contributed by atoms with Crippen molar-refractivity contribution in [3.8, 4) is 0 Å². The van der Waals surface area contributed by atoms with Gasteiger partial charge in [0.05, 0.1) is 0 Å². The number of unbranched alkanes of at least 4 members (excludes halogenated alkanes) is 1. The maximum absolute atomic E-state index is 12.0. The molecule has 0 N–H and O–H groups in total. The summed E-state index contributed by atoms with van der Waals surface area (Å²) in [7, 11) is 0. The molecule has 1 saturated heterocycles. The molecule has 0 aromatic heterocycles. The molecule has 1 fully saturated rings.